The highest BCUT2D eigenvalue weighted by Crippen LogP contribution is 2.51. The molecule has 4 aliphatic rings. The minimum absolute atomic E-state index is 0.0519. The van der Waals surface area contributed by atoms with Gasteiger partial charge in [0.05, 0.1) is 36.1 Å². The van der Waals surface area contributed by atoms with Crippen LogP contribution in [0.5, 0.6) is 0 Å². The van der Waals surface area contributed by atoms with E-state index in [9.17, 15) is 10.1 Å². The van der Waals surface area contributed by atoms with Gasteiger partial charge in [-0.3, -0.25) is 14.7 Å². The largest absolute Gasteiger partial charge is 0.378 e. The van der Waals surface area contributed by atoms with Gasteiger partial charge in [-0.1, -0.05) is 0 Å². The number of carbonyl (C=O) groups excluding carboxylic acids is 1. The fourth-order valence-corrected chi connectivity index (χ4v) is 5.88. The number of rotatable bonds is 2. The fraction of sp³-hybridized carbons (Fsp3) is 0.650. The summed E-state index contributed by atoms with van der Waals surface area (Å²) < 4.78 is 6.57. The summed E-state index contributed by atoms with van der Waals surface area (Å²) in [4.78, 5) is 22.1. The van der Waals surface area contributed by atoms with Crippen molar-refractivity contribution in [1.29, 1.82) is 5.26 Å². The number of pyridine rings is 1. The Kier molecular flexibility index (Phi) is 3.75. The van der Waals surface area contributed by atoms with Gasteiger partial charge in [-0.05, 0) is 48.7 Å². The normalized spacial score (nSPS) is 37.0. The number of halogens is 1. The Bertz CT molecular complexity index is 842. The zero-order chi connectivity index (χ0) is 19.0. The molecule has 0 N–H and O–H groups in total. The summed E-state index contributed by atoms with van der Waals surface area (Å²) in [6, 6.07) is 5.35. The molecule has 1 amide bonds. The summed E-state index contributed by atoms with van der Waals surface area (Å²) in [5.74, 6) is 0.0876. The molecule has 2 atom stereocenters. The van der Waals surface area contributed by atoms with Crippen LogP contribution in [-0.4, -0.2) is 52.7 Å². The number of aromatic nitrogens is 1. The van der Waals surface area contributed by atoms with Gasteiger partial charge < -0.3 is 9.64 Å². The van der Waals surface area contributed by atoms with E-state index in [1.807, 2.05) is 24.8 Å². The molecule has 142 valence electrons. The lowest BCUT2D eigenvalue weighted by Gasteiger charge is -2.55. The van der Waals surface area contributed by atoms with Crippen LogP contribution in [0, 0.1) is 11.3 Å². The van der Waals surface area contributed by atoms with Crippen molar-refractivity contribution in [1.82, 2.24) is 9.88 Å². The van der Waals surface area contributed by atoms with Gasteiger partial charge in [0, 0.05) is 41.6 Å². The molecule has 27 heavy (non-hydrogen) atoms. The first-order valence-corrected chi connectivity index (χ1v) is 10.4. The molecule has 0 radical (unpaired) electrons. The van der Waals surface area contributed by atoms with Crippen molar-refractivity contribution < 1.29 is 9.53 Å². The maximum Gasteiger partial charge on any atom is 0.239 e. The van der Waals surface area contributed by atoms with Crippen molar-refractivity contribution in [3.05, 3.63) is 22.4 Å². The molecule has 1 aliphatic carbocycles. The molecule has 3 aliphatic heterocycles. The zero-order valence-corrected chi connectivity index (χ0v) is 17.2. The SMILES string of the molecule is CC1(C)C(=O)N(C2CC(C#N)(N3C4CC[C@H]3COC4)C2)c2cc(Br)cnc21. The van der Waals surface area contributed by atoms with Crippen molar-refractivity contribution in [2.24, 2.45) is 0 Å². The third-order valence-electron chi connectivity index (χ3n) is 6.89. The standard InChI is InChI=1S/C20H23BrN4O2/c1-19(2)17-16(5-12(21)8-23-17)24(18(19)26)15-6-20(7-15,11-22)25-13-3-4-14(25)10-27-9-13/h5,8,13-15H,3-4,6-7,9-10H2,1-2H3/t13-,14?,15?,20?/m0/s1. The molecule has 2 saturated heterocycles. The van der Waals surface area contributed by atoms with Gasteiger partial charge in [0.15, 0.2) is 0 Å². The van der Waals surface area contributed by atoms with Gasteiger partial charge in [-0.15, -0.1) is 0 Å². The highest BCUT2D eigenvalue weighted by molar-refractivity contribution is 9.10. The molecule has 1 saturated carbocycles. The molecule has 1 aromatic rings. The molecule has 0 spiro atoms. The molecule has 4 heterocycles. The van der Waals surface area contributed by atoms with E-state index < -0.39 is 11.0 Å². The van der Waals surface area contributed by atoms with Gasteiger partial charge in [-0.2, -0.15) is 5.26 Å². The van der Waals surface area contributed by atoms with Crippen molar-refractivity contribution in [2.75, 3.05) is 18.1 Å². The molecular formula is C20H23BrN4O2. The van der Waals surface area contributed by atoms with Crippen molar-refractivity contribution in [3.63, 3.8) is 0 Å². The quantitative estimate of drug-likeness (QED) is 0.721. The van der Waals surface area contributed by atoms with Crippen LogP contribution in [0.2, 0.25) is 0 Å². The number of amides is 1. The summed E-state index contributed by atoms with van der Waals surface area (Å²) in [6.07, 6.45) is 5.36. The van der Waals surface area contributed by atoms with E-state index in [0.29, 0.717) is 24.9 Å². The zero-order valence-electron chi connectivity index (χ0n) is 15.6. The number of fused-ring (bicyclic) bond motifs is 3. The molecule has 6 nitrogen and oxygen atoms in total. The lowest BCUT2D eigenvalue weighted by atomic mass is 9.70. The Balaban J connectivity index is 1.45. The van der Waals surface area contributed by atoms with Gasteiger partial charge >= 0.3 is 0 Å². The Hall–Kier alpha value is -1.49. The molecule has 3 fully saturated rings. The summed E-state index contributed by atoms with van der Waals surface area (Å²) in [5.41, 5.74) is 0.628. The van der Waals surface area contributed by atoms with Crippen LogP contribution in [0.3, 0.4) is 0 Å². The molecule has 0 aromatic carbocycles. The molecule has 7 heteroatoms. The van der Waals surface area contributed by atoms with Gasteiger partial charge in [0.1, 0.15) is 5.54 Å². The maximum atomic E-state index is 13.2. The van der Waals surface area contributed by atoms with E-state index in [1.165, 1.54) is 0 Å². The highest BCUT2D eigenvalue weighted by atomic mass is 79.9. The van der Waals surface area contributed by atoms with Crippen LogP contribution in [-0.2, 0) is 14.9 Å². The molecule has 2 bridgehead atoms. The second-order valence-electron chi connectivity index (χ2n) is 8.86. The van der Waals surface area contributed by atoms with Crippen LogP contribution in [0.25, 0.3) is 0 Å². The van der Waals surface area contributed by atoms with Gasteiger partial charge in [0.2, 0.25) is 5.91 Å². The Morgan fingerprint density at radius 2 is 1.93 bits per heavy atom. The number of nitriles is 1. The minimum Gasteiger partial charge on any atom is -0.378 e. The third kappa shape index (κ3) is 2.30. The Labute approximate surface area is 167 Å². The third-order valence-corrected chi connectivity index (χ3v) is 7.33. The highest BCUT2D eigenvalue weighted by Gasteiger charge is 2.60. The molecule has 1 unspecified atom stereocenters. The van der Waals surface area contributed by atoms with E-state index in [4.69, 9.17) is 4.74 Å². The summed E-state index contributed by atoms with van der Waals surface area (Å²) >= 11 is 3.49. The average Bonchev–Trinajstić information content (AvgIpc) is 2.96. The second kappa shape index (κ2) is 5.76. The number of anilines is 1. The van der Waals surface area contributed by atoms with Crippen molar-refractivity contribution in [3.8, 4) is 6.07 Å². The molecule has 1 aromatic heterocycles. The van der Waals surface area contributed by atoms with E-state index in [1.54, 1.807) is 6.20 Å². The average molecular weight is 431 g/mol. The van der Waals surface area contributed by atoms with Crippen LogP contribution in [0.15, 0.2) is 16.7 Å². The van der Waals surface area contributed by atoms with Crippen LogP contribution in [0.4, 0.5) is 5.69 Å². The first kappa shape index (κ1) is 17.6. The second-order valence-corrected chi connectivity index (χ2v) is 9.77. The van der Waals surface area contributed by atoms with Gasteiger partial charge in [-0.25, -0.2) is 0 Å². The Morgan fingerprint density at radius 1 is 1.26 bits per heavy atom. The number of ether oxygens (including phenoxy) is 1. The topological polar surface area (TPSA) is 69.5 Å². The number of hydrogen-bond acceptors (Lipinski definition) is 5. The van der Waals surface area contributed by atoms with Crippen LogP contribution < -0.4 is 4.90 Å². The van der Waals surface area contributed by atoms with E-state index in [-0.39, 0.29) is 11.9 Å². The number of morpholine rings is 1. The van der Waals surface area contributed by atoms with Gasteiger partial charge in [0.25, 0.3) is 0 Å². The van der Waals surface area contributed by atoms with E-state index in [0.717, 1.165) is 41.9 Å². The van der Waals surface area contributed by atoms with Crippen LogP contribution >= 0.6 is 15.9 Å². The fourth-order valence-electron chi connectivity index (χ4n) is 5.56. The number of nitrogens with zero attached hydrogens (tertiary/aromatic N) is 4. The first-order chi connectivity index (χ1) is 12.9. The lowest BCUT2D eigenvalue weighted by Crippen LogP contribution is -2.68. The summed E-state index contributed by atoms with van der Waals surface area (Å²) in [5, 5.41) is 10.1. The molecular weight excluding hydrogens is 408 g/mol. The maximum absolute atomic E-state index is 13.2. The van der Waals surface area contributed by atoms with E-state index in [2.05, 4.69) is 31.9 Å². The number of carbonyl (C=O) groups is 1. The summed E-state index contributed by atoms with van der Waals surface area (Å²) in [6.45, 7) is 5.32. The first-order valence-electron chi connectivity index (χ1n) is 9.64. The predicted octanol–water partition coefficient (Wildman–Crippen LogP) is 2.76. The van der Waals surface area contributed by atoms with Crippen molar-refractivity contribution >= 4 is 27.5 Å². The summed E-state index contributed by atoms with van der Waals surface area (Å²) in [7, 11) is 0. The van der Waals surface area contributed by atoms with E-state index >= 15 is 0 Å². The Morgan fingerprint density at radius 3 is 2.56 bits per heavy atom. The molecule has 5 rings (SSSR count). The van der Waals surface area contributed by atoms with Crippen LogP contribution in [0.1, 0.15) is 45.2 Å². The number of hydrogen-bond donors (Lipinski definition) is 0. The monoisotopic (exact) mass is 430 g/mol. The smallest absolute Gasteiger partial charge is 0.239 e. The lowest BCUT2D eigenvalue weighted by molar-refractivity contribution is -0.124. The predicted molar refractivity (Wildman–Crippen MR) is 103 cm³/mol. The van der Waals surface area contributed by atoms with Crippen molar-refractivity contribution in [2.45, 2.75) is 68.6 Å². The minimum atomic E-state index is -0.626.